The minimum absolute atomic E-state index is 0.179. The number of amides is 1. The highest BCUT2D eigenvalue weighted by Crippen LogP contribution is 2.13. The molecule has 0 spiro atoms. The number of likely N-dealkylation sites (N-methyl/N-ethyl adjacent to an activating group) is 1. The number of carbonyl (C=O) groups excluding carboxylic acids is 1. The first-order valence-corrected chi connectivity index (χ1v) is 7.52. The number of hydrogen-bond acceptors (Lipinski definition) is 4. The molecule has 1 aromatic carbocycles. The molecule has 0 atom stereocenters. The summed E-state index contributed by atoms with van der Waals surface area (Å²) in [5.41, 5.74) is 0.565. The quantitative estimate of drug-likeness (QED) is 0.682. The highest BCUT2D eigenvalue weighted by atomic mass is 32.2. The summed E-state index contributed by atoms with van der Waals surface area (Å²) in [6, 6.07) is 6.06. The molecule has 6 nitrogen and oxygen atoms in total. The molecule has 0 saturated heterocycles. The van der Waals surface area contributed by atoms with Crippen LogP contribution in [-0.4, -0.2) is 34.5 Å². The standard InChI is InChI=1S/C12H19N3O3S/c1-3-8-14-19(17,18)11-6-4-10(5-7-11)15-12(16)9-13-2/h4-7,13-14H,3,8-9H2,1-2H3,(H,15,16). The van der Waals surface area contributed by atoms with Gasteiger partial charge >= 0.3 is 0 Å². The number of rotatable bonds is 7. The van der Waals surface area contributed by atoms with Crippen LogP contribution in [-0.2, 0) is 14.8 Å². The molecule has 19 heavy (non-hydrogen) atoms. The van der Waals surface area contributed by atoms with Gasteiger partial charge in [-0.15, -0.1) is 0 Å². The molecule has 0 aliphatic carbocycles. The van der Waals surface area contributed by atoms with Gasteiger partial charge in [0.2, 0.25) is 15.9 Å². The van der Waals surface area contributed by atoms with Gasteiger partial charge in [0, 0.05) is 12.2 Å². The summed E-state index contributed by atoms with van der Waals surface area (Å²) in [4.78, 5) is 11.5. The van der Waals surface area contributed by atoms with Crippen molar-refractivity contribution in [3.63, 3.8) is 0 Å². The van der Waals surface area contributed by atoms with Crippen LogP contribution < -0.4 is 15.4 Å². The minimum atomic E-state index is -3.45. The summed E-state index contributed by atoms with van der Waals surface area (Å²) in [6.45, 7) is 2.50. The molecule has 3 N–H and O–H groups in total. The number of anilines is 1. The van der Waals surface area contributed by atoms with Crippen LogP contribution in [0.2, 0.25) is 0 Å². The molecule has 0 aromatic heterocycles. The second kappa shape index (κ2) is 7.22. The van der Waals surface area contributed by atoms with Gasteiger partial charge in [0.05, 0.1) is 11.4 Å². The fourth-order valence-corrected chi connectivity index (χ4v) is 2.54. The van der Waals surface area contributed by atoms with Gasteiger partial charge in [0.25, 0.3) is 0 Å². The van der Waals surface area contributed by atoms with Crippen LogP contribution in [0.5, 0.6) is 0 Å². The van der Waals surface area contributed by atoms with Crippen molar-refractivity contribution in [1.29, 1.82) is 0 Å². The molecule has 106 valence electrons. The topological polar surface area (TPSA) is 87.3 Å². The van der Waals surface area contributed by atoms with Crippen LogP contribution in [0, 0.1) is 0 Å². The number of carbonyl (C=O) groups is 1. The number of nitrogens with one attached hydrogen (secondary N) is 3. The zero-order chi connectivity index (χ0) is 14.3. The molecule has 0 bridgehead atoms. The van der Waals surface area contributed by atoms with Crippen molar-refractivity contribution in [2.24, 2.45) is 0 Å². The van der Waals surface area contributed by atoms with E-state index < -0.39 is 10.0 Å². The van der Waals surface area contributed by atoms with E-state index >= 15 is 0 Å². The first kappa shape index (κ1) is 15.6. The van der Waals surface area contributed by atoms with E-state index in [0.29, 0.717) is 12.2 Å². The average Bonchev–Trinajstić information content (AvgIpc) is 2.37. The maximum absolute atomic E-state index is 11.8. The summed E-state index contributed by atoms with van der Waals surface area (Å²) in [6.07, 6.45) is 0.734. The van der Waals surface area contributed by atoms with Crippen LogP contribution in [0.15, 0.2) is 29.2 Å². The van der Waals surface area contributed by atoms with Crippen molar-refractivity contribution < 1.29 is 13.2 Å². The smallest absolute Gasteiger partial charge is 0.240 e. The van der Waals surface area contributed by atoms with Gasteiger partial charge in [-0.1, -0.05) is 6.92 Å². The van der Waals surface area contributed by atoms with Crippen LogP contribution in [0.3, 0.4) is 0 Å². The maximum Gasteiger partial charge on any atom is 0.240 e. The third kappa shape index (κ3) is 4.98. The van der Waals surface area contributed by atoms with E-state index in [-0.39, 0.29) is 17.3 Å². The molecule has 0 saturated carbocycles. The zero-order valence-electron chi connectivity index (χ0n) is 11.1. The van der Waals surface area contributed by atoms with Crippen LogP contribution in [0.4, 0.5) is 5.69 Å². The van der Waals surface area contributed by atoms with Gasteiger partial charge in [-0.25, -0.2) is 13.1 Å². The molecular weight excluding hydrogens is 266 g/mol. The molecule has 1 rings (SSSR count). The Morgan fingerprint density at radius 2 is 1.84 bits per heavy atom. The minimum Gasteiger partial charge on any atom is -0.325 e. The second-order valence-corrected chi connectivity index (χ2v) is 5.77. The van der Waals surface area contributed by atoms with Crippen LogP contribution in [0.25, 0.3) is 0 Å². The molecule has 0 fully saturated rings. The summed E-state index contributed by atoms with van der Waals surface area (Å²) >= 11 is 0. The van der Waals surface area contributed by atoms with E-state index in [4.69, 9.17) is 0 Å². The Morgan fingerprint density at radius 3 is 2.37 bits per heavy atom. The molecule has 1 aromatic rings. The molecule has 0 aliphatic heterocycles. The van der Waals surface area contributed by atoms with Gasteiger partial charge in [-0.3, -0.25) is 4.79 Å². The van der Waals surface area contributed by atoms with Gasteiger partial charge < -0.3 is 10.6 Å². The molecule has 0 unspecified atom stereocenters. The van der Waals surface area contributed by atoms with Gasteiger partial charge in [0.15, 0.2) is 0 Å². The SMILES string of the molecule is CCCNS(=O)(=O)c1ccc(NC(=O)CNC)cc1. The lowest BCUT2D eigenvalue weighted by Gasteiger charge is -2.08. The molecular formula is C12H19N3O3S. The highest BCUT2D eigenvalue weighted by Gasteiger charge is 2.12. The summed E-state index contributed by atoms with van der Waals surface area (Å²) in [7, 11) is -1.78. The lowest BCUT2D eigenvalue weighted by molar-refractivity contribution is -0.115. The number of benzene rings is 1. The first-order valence-electron chi connectivity index (χ1n) is 6.03. The molecule has 0 heterocycles. The Hall–Kier alpha value is -1.44. The van der Waals surface area contributed by atoms with Crippen molar-refractivity contribution >= 4 is 21.6 Å². The van der Waals surface area contributed by atoms with Gasteiger partial charge in [-0.2, -0.15) is 0 Å². The predicted octanol–water partition coefficient (Wildman–Crippen LogP) is 0.533. The molecule has 1 amide bonds. The van der Waals surface area contributed by atoms with Crippen molar-refractivity contribution in [3.05, 3.63) is 24.3 Å². The van der Waals surface area contributed by atoms with E-state index in [2.05, 4.69) is 15.4 Å². The maximum atomic E-state index is 11.8. The Balaban J connectivity index is 2.73. The van der Waals surface area contributed by atoms with E-state index in [1.54, 1.807) is 19.2 Å². The summed E-state index contributed by atoms with van der Waals surface area (Å²) < 4.78 is 26.1. The normalized spacial score (nSPS) is 11.3. The van der Waals surface area contributed by atoms with Crippen molar-refractivity contribution in [3.8, 4) is 0 Å². The fourth-order valence-electron chi connectivity index (χ4n) is 1.40. The third-order valence-corrected chi connectivity index (χ3v) is 3.80. The predicted molar refractivity (Wildman–Crippen MR) is 74.5 cm³/mol. The van der Waals surface area contributed by atoms with Crippen LogP contribution in [0.1, 0.15) is 13.3 Å². The first-order chi connectivity index (χ1) is 8.99. The molecule has 7 heteroatoms. The van der Waals surface area contributed by atoms with Gasteiger partial charge in [-0.05, 0) is 37.7 Å². The van der Waals surface area contributed by atoms with Crippen LogP contribution >= 0.6 is 0 Å². The summed E-state index contributed by atoms with van der Waals surface area (Å²) in [5, 5.41) is 5.38. The van der Waals surface area contributed by atoms with Gasteiger partial charge in [0.1, 0.15) is 0 Å². The fraction of sp³-hybridized carbons (Fsp3) is 0.417. The van der Waals surface area contributed by atoms with E-state index in [1.807, 2.05) is 6.92 Å². The van der Waals surface area contributed by atoms with E-state index in [0.717, 1.165) is 6.42 Å². The number of hydrogen-bond donors (Lipinski definition) is 3. The third-order valence-electron chi connectivity index (χ3n) is 2.33. The van der Waals surface area contributed by atoms with Crippen molar-refractivity contribution in [2.45, 2.75) is 18.2 Å². The number of sulfonamides is 1. The monoisotopic (exact) mass is 285 g/mol. The van der Waals surface area contributed by atoms with E-state index in [1.165, 1.54) is 12.1 Å². The Kier molecular flexibility index (Phi) is 5.94. The Bertz CT molecular complexity index is 512. The summed E-state index contributed by atoms with van der Waals surface area (Å²) in [5.74, 6) is -0.179. The molecule has 0 aliphatic rings. The Morgan fingerprint density at radius 1 is 1.21 bits per heavy atom. The average molecular weight is 285 g/mol. The second-order valence-electron chi connectivity index (χ2n) is 4.00. The zero-order valence-corrected chi connectivity index (χ0v) is 11.9. The van der Waals surface area contributed by atoms with Crippen molar-refractivity contribution in [1.82, 2.24) is 10.0 Å². The molecule has 0 radical (unpaired) electrons. The Labute approximate surface area is 113 Å². The van der Waals surface area contributed by atoms with Crippen molar-refractivity contribution in [2.75, 3.05) is 25.5 Å². The largest absolute Gasteiger partial charge is 0.325 e. The van der Waals surface area contributed by atoms with E-state index in [9.17, 15) is 13.2 Å². The lowest BCUT2D eigenvalue weighted by Crippen LogP contribution is -2.25. The highest BCUT2D eigenvalue weighted by molar-refractivity contribution is 7.89. The lowest BCUT2D eigenvalue weighted by atomic mass is 10.3.